The van der Waals surface area contributed by atoms with E-state index in [2.05, 4.69) is 5.48 Å². The summed E-state index contributed by atoms with van der Waals surface area (Å²) in [7, 11) is 0. The van der Waals surface area contributed by atoms with Crippen LogP contribution in [0.15, 0.2) is 0 Å². The van der Waals surface area contributed by atoms with E-state index in [1.807, 2.05) is 0 Å². The first-order chi connectivity index (χ1) is 6.50. The minimum absolute atomic E-state index is 0.386. The van der Waals surface area contributed by atoms with Gasteiger partial charge in [-0.2, -0.15) is 0 Å². The van der Waals surface area contributed by atoms with Crippen molar-refractivity contribution in [1.29, 1.82) is 0 Å². The van der Waals surface area contributed by atoms with Gasteiger partial charge in [0.2, 0.25) is 0 Å². The van der Waals surface area contributed by atoms with Crippen molar-refractivity contribution in [3.63, 3.8) is 0 Å². The third kappa shape index (κ3) is 4.85. The van der Waals surface area contributed by atoms with Gasteiger partial charge in [-0.1, -0.05) is 0 Å². The minimum atomic E-state index is -1.14. The molecular formula is C8H20N2O4. The van der Waals surface area contributed by atoms with Gasteiger partial charge in [-0.05, 0) is 13.8 Å². The average molecular weight is 208 g/mol. The molecule has 0 amide bonds. The van der Waals surface area contributed by atoms with Crippen molar-refractivity contribution in [2.45, 2.75) is 38.3 Å². The third-order valence-electron chi connectivity index (χ3n) is 1.77. The summed E-state index contributed by atoms with van der Waals surface area (Å²) in [6, 6.07) is 0. The summed E-state index contributed by atoms with van der Waals surface area (Å²) >= 11 is 0. The zero-order valence-electron chi connectivity index (χ0n) is 8.55. The van der Waals surface area contributed by atoms with Gasteiger partial charge in [-0.25, -0.2) is 5.48 Å². The van der Waals surface area contributed by atoms with Gasteiger partial charge in [-0.15, -0.1) is 0 Å². The Morgan fingerprint density at radius 3 is 2.14 bits per heavy atom. The second-order valence-corrected chi connectivity index (χ2v) is 3.24. The smallest absolute Gasteiger partial charge is 0.133 e. The number of aliphatic hydroxyl groups is 3. The Morgan fingerprint density at radius 2 is 1.79 bits per heavy atom. The lowest BCUT2D eigenvalue weighted by molar-refractivity contribution is -0.156. The number of hydrogen-bond donors (Lipinski definition) is 5. The van der Waals surface area contributed by atoms with Gasteiger partial charge in [0.25, 0.3) is 0 Å². The fraction of sp³-hybridized carbons (Fsp3) is 1.00. The predicted molar refractivity (Wildman–Crippen MR) is 51.3 cm³/mol. The maximum absolute atomic E-state index is 9.45. The number of nitrogens with two attached hydrogens (primary N) is 1. The van der Waals surface area contributed by atoms with Crippen molar-refractivity contribution in [3.8, 4) is 0 Å². The number of hydrogen-bond acceptors (Lipinski definition) is 6. The highest BCUT2D eigenvalue weighted by molar-refractivity contribution is 4.77. The van der Waals surface area contributed by atoms with Crippen LogP contribution in [-0.2, 0) is 4.84 Å². The second kappa shape index (κ2) is 7.10. The van der Waals surface area contributed by atoms with Crippen LogP contribution in [0, 0.1) is 0 Å². The van der Waals surface area contributed by atoms with E-state index in [-0.39, 0.29) is 0 Å². The first-order valence-corrected chi connectivity index (χ1v) is 4.63. The summed E-state index contributed by atoms with van der Waals surface area (Å²) in [6.07, 6.45) is -3.86. The maximum atomic E-state index is 9.45. The molecule has 4 atom stereocenters. The lowest BCUT2D eigenvalue weighted by Gasteiger charge is -2.27. The van der Waals surface area contributed by atoms with E-state index in [1.165, 1.54) is 13.8 Å². The molecule has 6 heteroatoms. The van der Waals surface area contributed by atoms with Crippen molar-refractivity contribution >= 4 is 0 Å². The van der Waals surface area contributed by atoms with E-state index < -0.39 is 24.4 Å². The number of aliphatic hydroxyl groups excluding tert-OH is 3. The molecule has 86 valence electrons. The van der Waals surface area contributed by atoms with Crippen molar-refractivity contribution in [1.82, 2.24) is 5.48 Å². The van der Waals surface area contributed by atoms with Gasteiger partial charge in [-0.3, -0.25) is 4.84 Å². The highest BCUT2D eigenvalue weighted by Crippen LogP contribution is 2.07. The first kappa shape index (κ1) is 13.8. The lowest BCUT2D eigenvalue weighted by Crippen LogP contribution is -2.47. The third-order valence-corrected chi connectivity index (χ3v) is 1.77. The Morgan fingerprint density at radius 1 is 1.21 bits per heavy atom. The van der Waals surface area contributed by atoms with Crippen LogP contribution in [0.25, 0.3) is 0 Å². The second-order valence-electron chi connectivity index (χ2n) is 3.24. The van der Waals surface area contributed by atoms with Crippen LogP contribution in [0.5, 0.6) is 0 Å². The summed E-state index contributed by atoms with van der Waals surface area (Å²) in [6.45, 7) is 3.69. The molecule has 14 heavy (non-hydrogen) atoms. The summed E-state index contributed by atoms with van der Waals surface area (Å²) < 4.78 is 0. The largest absolute Gasteiger partial charge is 0.391 e. The molecule has 4 unspecified atom stereocenters. The maximum Gasteiger partial charge on any atom is 0.133 e. The summed E-state index contributed by atoms with van der Waals surface area (Å²) in [5.74, 6) is 0. The van der Waals surface area contributed by atoms with Gasteiger partial charge in [0.15, 0.2) is 0 Å². The highest BCUT2D eigenvalue weighted by Gasteiger charge is 2.28. The van der Waals surface area contributed by atoms with Crippen LogP contribution >= 0.6 is 0 Å². The van der Waals surface area contributed by atoms with Crippen LogP contribution in [0.2, 0.25) is 0 Å². The topological polar surface area (TPSA) is 108 Å². The fourth-order valence-electron chi connectivity index (χ4n) is 0.942. The van der Waals surface area contributed by atoms with Gasteiger partial charge in [0, 0.05) is 13.1 Å². The molecule has 6 nitrogen and oxygen atoms in total. The van der Waals surface area contributed by atoms with Gasteiger partial charge < -0.3 is 21.1 Å². The Bertz CT molecular complexity index is 143. The SMILES string of the molecule is CC(O)C(O)C(ONCCN)C(C)O. The summed E-state index contributed by atoms with van der Waals surface area (Å²) in [4.78, 5) is 4.98. The molecule has 0 heterocycles. The Hall–Kier alpha value is -0.240. The Kier molecular flexibility index (Phi) is 6.98. The van der Waals surface area contributed by atoms with Crippen molar-refractivity contribution in [2.75, 3.05) is 13.1 Å². The van der Waals surface area contributed by atoms with Gasteiger partial charge >= 0.3 is 0 Å². The van der Waals surface area contributed by atoms with Crippen LogP contribution in [-0.4, -0.2) is 52.8 Å². The zero-order valence-corrected chi connectivity index (χ0v) is 8.55. The molecule has 0 aromatic heterocycles. The predicted octanol–water partition coefficient (Wildman–Crippen LogP) is -2.04. The van der Waals surface area contributed by atoms with Gasteiger partial charge in [0.05, 0.1) is 12.2 Å². The quantitative estimate of drug-likeness (QED) is 0.244. The molecule has 6 N–H and O–H groups in total. The minimum Gasteiger partial charge on any atom is -0.391 e. The fourth-order valence-corrected chi connectivity index (χ4v) is 0.942. The zero-order chi connectivity index (χ0) is 11.1. The average Bonchev–Trinajstić information content (AvgIpc) is 2.10. The number of rotatable bonds is 7. The number of hydroxylamine groups is 1. The molecular weight excluding hydrogens is 188 g/mol. The molecule has 0 aliphatic carbocycles. The van der Waals surface area contributed by atoms with Crippen molar-refractivity contribution in [3.05, 3.63) is 0 Å². The molecule has 0 radical (unpaired) electrons. The highest BCUT2D eigenvalue weighted by atomic mass is 16.7. The van der Waals surface area contributed by atoms with E-state index in [1.54, 1.807) is 0 Å². The van der Waals surface area contributed by atoms with E-state index >= 15 is 0 Å². The summed E-state index contributed by atoms with van der Waals surface area (Å²) in [5, 5.41) is 27.8. The molecule has 0 saturated heterocycles. The van der Waals surface area contributed by atoms with E-state index in [0.717, 1.165) is 0 Å². The standard InChI is InChI=1S/C8H20N2O4/c1-5(11)7(13)8(6(2)12)14-10-4-3-9/h5-8,10-13H,3-4,9H2,1-2H3. The van der Waals surface area contributed by atoms with Crippen LogP contribution in [0.3, 0.4) is 0 Å². The van der Waals surface area contributed by atoms with Crippen LogP contribution < -0.4 is 11.2 Å². The monoisotopic (exact) mass is 208 g/mol. The van der Waals surface area contributed by atoms with E-state index in [4.69, 9.17) is 15.7 Å². The molecule has 0 aliphatic rings. The van der Waals surface area contributed by atoms with E-state index in [0.29, 0.717) is 13.1 Å². The molecule has 0 fully saturated rings. The molecule has 0 saturated carbocycles. The normalized spacial score (nSPS) is 20.1. The molecule has 0 rings (SSSR count). The Labute approximate surface area is 83.6 Å². The lowest BCUT2D eigenvalue weighted by atomic mass is 10.1. The van der Waals surface area contributed by atoms with Gasteiger partial charge in [0.1, 0.15) is 12.2 Å². The number of nitrogens with one attached hydrogen (secondary N) is 1. The van der Waals surface area contributed by atoms with E-state index in [9.17, 15) is 10.2 Å². The van der Waals surface area contributed by atoms with Crippen LogP contribution in [0.4, 0.5) is 0 Å². The molecule has 0 spiro atoms. The van der Waals surface area contributed by atoms with Crippen LogP contribution in [0.1, 0.15) is 13.8 Å². The first-order valence-electron chi connectivity index (χ1n) is 4.63. The molecule has 0 bridgehead atoms. The molecule has 0 aromatic carbocycles. The summed E-state index contributed by atoms with van der Waals surface area (Å²) in [5.41, 5.74) is 7.71. The molecule has 0 aromatic rings. The Balaban J connectivity index is 4.01. The molecule has 0 aliphatic heterocycles. The van der Waals surface area contributed by atoms with Crippen molar-refractivity contribution in [2.24, 2.45) is 5.73 Å². The van der Waals surface area contributed by atoms with Crippen molar-refractivity contribution < 1.29 is 20.2 Å².